The molecule has 0 amide bonds. The van der Waals surface area contributed by atoms with Crippen molar-refractivity contribution in [2.45, 2.75) is 6.54 Å². The summed E-state index contributed by atoms with van der Waals surface area (Å²) in [5.74, 6) is 0.992. The van der Waals surface area contributed by atoms with Gasteiger partial charge in [0.1, 0.15) is 0 Å². The zero-order valence-electron chi connectivity index (χ0n) is 11.6. The number of ether oxygens (including phenoxy) is 1. The number of anilines is 2. The van der Waals surface area contributed by atoms with E-state index in [0.717, 1.165) is 5.56 Å². The Morgan fingerprint density at radius 3 is 2.75 bits per heavy atom. The number of hydrogen-bond acceptors (Lipinski definition) is 6. The molecule has 20 heavy (non-hydrogen) atoms. The van der Waals surface area contributed by atoms with Gasteiger partial charge in [0.2, 0.25) is 11.9 Å². The maximum atomic E-state index is 5.98. The predicted molar refractivity (Wildman–Crippen MR) is 79.5 cm³/mol. The summed E-state index contributed by atoms with van der Waals surface area (Å²) in [6, 6.07) is 7.95. The van der Waals surface area contributed by atoms with Gasteiger partial charge >= 0.3 is 6.01 Å². The summed E-state index contributed by atoms with van der Waals surface area (Å²) in [5.41, 5.74) is 1.07. The van der Waals surface area contributed by atoms with Crippen molar-refractivity contribution in [3.63, 3.8) is 0 Å². The Labute approximate surface area is 122 Å². The molecule has 0 fully saturated rings. The Hall–Kier alpha value is -2.08. The van der Waals surface area contributed by atoms with E-state index in [9.17, 15) is 0 Å². The lowest BCUT2D eigenvalue weighted by atomic mass is 10.2. The lowest BCUT2D eigenvalue weighted by Gasteiger charge is -2.18. The summed E-state index contributed by atoms with van der Waals surface area (Å²) < 4.78 is 5.07. The van der Waals surface area contributed by atoms with Crippen molar-refractivity contribution in [3.05, 3.63) is 34.9 Å². The van der Waals surface area contributed by atoms with Crippen LogP contribution in [0.5, 0.6) is 6.01 Å². The van der Waals surface area contributed by atoms with Crippen LogP contribution in [0.25, 0.3) is 0 Å². The summed E-state index contributed by atoms with van der Waals surface area (Å²) in [5, 5.41) is 3.59. The fraction of sp³-hybridized carbons (Fsp3) is 0.308. The highest BCUT2D eigenvalue weighted by atomic mass is 35.5. The lowest BCUT2D eigenvalue weighted by molar-refractivity contribution is 0.379. The van der Waals surface area contributed by atoms with Gasteiger partial charge in [-0.3, -0.25) is 0 Å². The van der Waals surface area contributed by atoms with E-state index in [1.165, 1.54) is 7.11 Å². The highest BCUT2D eigenvalue weighted by Gasteiger charge is 2.10. The molecule has 0 saturated carbocycles. The number of methoxy groups -OCH3 is 1. The van der Waals surface area contributed by atoms with Crippen molar-refractivity contribution < 1.29 is 4.74 Å². The predicted octanol–water partition coefficient (Wildman–Crippen LogP) is 2.21. The van der Waals surface area contributed by atoms with Gasteiger partial charge in [0.05, 0.1) is 7.11 Å². The van der Waals surface area contributed by atoms with Crippen LogP contribution in [0.4, 0.5) is 11.9 Å². The molecule has 6 nitrogen and oxygen atoms in total. The third kappa shape index (κ3) is 3.48. The second kappa shape index (κ2) is 6.38. The number of halogens is 1. The van der Waals surface area contributed by atoms with E-state index >= 15 is 0 Å². The van der Waals surface area contributed by atoms with E-state index in [-0.39, 0.29) is 6.01 Å². The zero-order valence-corrected chi connectivity index (χ0v) is 12.3. The molecule has 0 aliphatic carbocycles. The van der Waals surface area contributed by atoms with E-state index in [1.54, 1.807) is 7.05 Å². The molecule has 106 valence electrons. The monoisotopic (exact) mass is 293 g/mol. The molecule has 7 heteroatoms. The van der Waals surface area contributed by atoms with Crippen molar-refractivity contribution in [2.24, 2.45) is 0 Å². The van der Waals surface area contributed by atoms with Gasteiger partial charge in [-0.2, -0.15) is 15.0 Å². The molecule has 1 aromatic heterocycles. The minimum atomic E-state index is 0.275. The fourth-order valence-electron chi connectivity index (χ4n) is 1.70. The first-order valence-electron chi connectivity index (χ1n) is 6.05. The van der Waals surface area contributed by atoms with Crippen molar-refractivity contribution >= 4 is 23.5 Å². The topological polar surface area (TPSA) is 63.2 Å². The van der Waals surface area contributed by atoms with E-state index < -0.39 is 0 Å². The van der Waals surface area contributed by atoms with Crippen molar-refractivity contribution in [1.82, 2.24) is 15.0 Å². The van der Waals surface area contributed by atoms with E-state index in [0.29, 0.717) is 23.5 Å². The van der Waals surface area contributed by atoms with Crippen LogP contribution in [0.15, 0.2) is 24.3 Å². The average molecular weight is 294 g/mol. The minimum absolute atomic E-state index is 0.275. The molecule has 0 aliphatic heterocycles. The Balaban J connectivity index is 2.22. The van der Waals surface area contributed by atoms with Gasteiger partial charge in [0.15, 0.2) is 0 Å². The highest BCUT2D eigenvalue weighted by molar-refractivity contribution is 6.30. The number of benzene rings is 1. The molecule has 0 unspecified atom stereocenters. The number of rotatable bonds is 5. The van der Waals surface area contributed by atoms with Crippen LogP contribution in [-0.4, -0.2) is 36.2 Å². The van der Waals surface area contributed by atoms with Gasteiger partial charge in [-0.25, -0.2) is 0 Å². The van der Waals surface area contributed by atoms with E-state index in [2.05, 4.69) is 20.3 Å². The number of aromatic nitrogens is 3. The Morgan fingerprint density at radius 2 is 2.10 bits per heavy atom. The van der Waals surface area contributed by atoms with Gasteiger partial charge in [-0.15, -0.1) is 0 Å². The third-order valence-corrected chi connectivity index (χ3v) is 2.89. The number of nitrogens with zero attached hydrogens (tertiary/aromatic N) is 4. The highest BCUT2D eigenvalue weighted by Crippen LogP contribution is 2.17. The number of hydrogen-bond donors (Lipinski definition) is 1. The smallest absolute Gasteiger partial charge is 0.322 e. The first kappa shape index (κ1) is 14.3. The molecule has 0 saturated heterocycles. The quantitative estimate of drug-likeness (QED) is 0.912. The molecular formula is C13H16ClN5O. The maximum absolute atomic E-state index is 5.98. The first-order valence-corrected chi connectivity index (χ1v) is 6.43. The Morgan fingerprint density at radius 1 is 1.30 bits per heavy atom. The van der Waals surface area contributed by atoms with Crippen molar-refractivity contribution in [3.8, 4) is 6.01 Å². The summed E-state index contributed by atoms with van der Waals surface area (Å²) in [4.78, 5) is 14.5. The third-order valence-electron chi connectivity index (χ3n) is 2.66. The molecular weight excluding hydrogens is 278 g/mol. The van der Waals surface area contributed by atoms with Gasteiger partial charge in [-0.05, 0) is 17.7 Å². The van der Waals surface area contributed by atoms with Crippen LogP contribution < -0.4 is 15.0 Å². The molecule has 0 bridgehead atoms. The summed E-state index contributed by atoms with van der Waals surface area (Å²) >= 11 is 5.98. The second-order valence-corrected chi connectivity index (χ2v) is 4.62. The van der Waals surface area contributed by atoms with Crippen molar-refractivity contribution in [1.29, 1.82) is 0 Å². The normalized spacial score (nSPS) is 10.2. The van der Waals surface area contributed by atoms with Crippen LogP contribution in [0, 0.1) is 0 Å². The van der Waals surface area contributed by atoms with Gasteiger partial charge < -0.3 is 15.0 Å². The molecule has 2 rings (SSSR count). The summed E-state index contributed by atoms with van der Waals surface area (Å²) in [6.45, 7) is 0.636. The molecule has 0 radical (unpaired) electrons. The van der Waals surface area contributed by atoms with Crippen LogP contribution in [0.1, 0.15) is 5.56 Å². The van der Waals surface area contributed by atoms with Crippen LogP contribution in [0.2, 0.25) is 5.02 Å². The number of nitrogens with one attached hydrogen (secondary N) is 1. The van der Waals surface area contributed by atoms with Crippen LogP contribution >= 0.6 is 11.6 Å². The van der Waals surface area contributed by atoms with Gasteiger partial charge in [-0.1, -0.05) is 23.7 Å². The molecule has 2 aromatic rings. The SMILES string of the molecule is CNc1nc(OC)nc(N(C)Cc2cccc(Cl)c2)n1. The lowest BCUT2D eigenvalue weighted by Crippen LogP contribution is -2.20. The standard InChI is InChI=1S/C13H16ClN5O/c1-15-11-16-12(18-13(17-11)20-3)19(2)8-9-5-4-6-10(14)7-9/h4-7H,8H2,1-3H3,(H,15,16,17,18). The summed E-state index contributed by atoms with van der Waals surface area (Å²) in [7, 11) is 5.17. The molecule has 0 spiro atoms. The van der Waals surface area contributed by atoms with Crippen LogP contribution in [0.3, 0.4) is 0 Å². The van der Waals surface area contributed by atoms with Crippen LogP contribution in [-0.2, 0) is 6.54 Å². The van der Waals surface area contributed by atoms with Crippen molar-refractivity contribution in [2.75, 3.05) is 31.4 Å². The maximum Gasteiger partial charge on any atom is 0.322 e. The minimum Gasteiger partial charge on any atom is -0.467 e. The fourth-order valence-corrected chi connectivity index (χ4v) is 1.91. The van der Waals surface area contributed by atoms with E-state index in [4.69, 9.17) is 16.3 Å². The Bertz CT molecular complexity index is 570. The Kier molecular flexibility index (Phi) is 4.57. The van der Waals surface area contributed by atoms with E-state index in [1.807, 2.05) is 36.2 Å². The average Bonchev–Trinajstić information content (AvgIpc) is 2.46. The molecule has 0 atom stereocenters. The molecule has 1 heterocycles. The molecule has 1 N–H and O–H groups in total. The van der Waals surface area contributed by atoms with Gasteiger partial charge in [0, 0.05) is 25.7 Å². The van der Waals surface area contributed by atoms with Gasteiger partial charge in [0.25, 0.3) is 0 Å². The zero-order chi connectivity index (χ0) is 14.5. The molecule has 1 aromatic carbocycles. The largest absolute Gasteiger partial charge is 0.467 e. The first-order chi connectivity index (χ1) is 9.62. The summed E-state index contributed by atoms with van der Waals surface area (Å²) in [6.07, 6.45) is 0. The molecule has 0 aliphatic rings. The second-order valence-electron chi connectivity index (χ2n) is 4.18.